The maximum absolute atomic E-state index is 12.4. The van der Waals surface area contributed by atoms with E-state index < -0.39 is 0 Å². The molecule has 6 rings (SSSR count). The van der Waals surface area contributed by atoms with Crippen LogP contribution in [0.5, 0.6) is 0 Å². The Kier molecular flexibility index (Phi) is 5.38. The molecule has 4 aromatic rings. The molecule has 174 valence electrons. The lowest BCUT2D eigenvalue weighted by atomic mass is 10.1. The van der Waals surface area contributed by atoms with Gasteiger partial charge < -0.3 is 10.2 Å². The van der Waals surface area contributed by atoms with E-state index in [0.29, 0.717) is 18.3 Å². The van der Waals surface area contributed by atoms with Gasteiger partial charge in [-0.1, -0.05) is 36.4 Å². The van der Waals surface area contributed by atoms with Crippen molar-refractivity contribution in [1.29, 1.82) is 5.26 Å². The van der Waals surface area contributed by atoms with Crippen molar-refractivity contribution in [3.8, 4) is 23.3 Å². The molecule has 1 unspecified atom stereocenters. The smallest absolute Gasteiger partial charge is 0.225 e. The summed E-state index contributed by atoms with van der Waals surface area (Å²) in [5.41, 5.74) is 1.72. The molecule has 2 aliphatic rings. The standard InChI is InChI=1S/C27H25N7O/c28-12-9-23-16-30-25(21-8-5-18-3-1-2-4-20(18)15-21)34(23)24-10-13-29-27(32-24)31-22-11-14-33(17-22)26(35)19-6-7-19/h1-5,8,10,13,15-16,19,22H,6-7,9,11,14,17H2,(H,29,31,32). The van der Waals surface area contributed by atoms with E-state index in [0.717, 1.165) is 53.7 Å². The van der Waals surface area contributed by atoms with Crippen LogP contribution < -0.4 is 5.32 Å². The average Bonchev–Trinajstić information content (AvgIpc) is 3.50. The van der Waals surface area contributed by atoms with E-state index in [1.807, 2.05) is 33.7 Å². The van der Waals surface area contributed by atoms with Crippen molar-refractivity contribution in [2.45, 2.75) is 31.7 Å². The van der Waals surface area contributed by atoms with Crippen molar-refractivity contribution in [3.63, 3.8) is 0 Å². The summed E-state index contributed by atoms with van der Waals surface area (Å²) in [5, 5.41) is 15.1. The largest absolute Gasteiger partial charge is 0.350 e. The summed E-state index contributed by atoms with van der Waals surface area (Å²) >= 11 is 0. The molecule has 35 heavy (non-hydrogen) atoms. The van der Waals surface area contributed by atoms with Crippen molar-refractivity contribution in [2.24, 2.45) is 5.92 Å². The van der Waals surface area contributed by atoms with Gasteiger partial charge >= 0.3 is 0 Å². The number of fused-ring (bicyclic) bond motifs is 1. The molecule has 2 fully saturated rings. The Morgan fingerprint density at radius 1 is 1.09 bits per heavy atom. The van der Waals surface area contributed by atoms with Crippen LogP contribution in [-0.2, 0) is 11.2 Å². The summed E-state index contributed by atoms with van der Waals surface area (Å²) in [5.74, 6) is 2.41. The van der Waals surface area contributed by atoms with Crippen LogP contribution in [-0.4, -0.2) is 49.5 Å². The SMILES string of the molecule is N#CCc1cnc(-c2ccc3ccccc3c2)n1-c1ccnc(NC2CCN(C(=O)C3CC3)C2)n1. The number of likely N-dealkylation sites (tertiary alicyclic amines) is 1. The molecule has 8 nitrogen and oxygen atoms in total. The molecule has 2 aromatic heterocycles. The minimum Gasteiger partial charge on any atom is -0.350 e. The fourth-order valence-electron chi connectivity index (χ4n) is 4.77. The van der Waals surface area contributed by atoms with Gasteiger partial charge in [-0.25, -0.2) is 9.97 Å². The molecule has 1 atom stereocenters. The third kappa shape index (κ3) is 4.21. The van der Waals surface area contributed by atoms with E-state index >= 15 is 0 Å². The summed E-state index contributed by atoms with van der Waals surface area (Å²) in [6.07, 6.45) is 6.59. The molecule has 0 bridgehead atoms. The second kappa shape index (κ2) is 8.84. The Balaban J connectivity index is 1.30. The zero-order valence-corrected chi connectivity index (χ0v) is 19.3. The first kappa shape index (κ1) is 21.3. The van der Waals surface area contributed by atoms with Crippen molar-refractivity contribution in [1.82, 2.24) is 24.4 Å². The number of anilines is 1. The molecule has 1 saturated carbocycles. The summed E-state index contributed by atoms with van der Waals surface area (Å²) in [4.78, 5) is 28.2. The van der Waals surface area contributed by atoms with Gasteiger partial charge in [-0.2, -0.15) is 10.2 Å². The van der Waals surface area contributed by atoms with Crippen LogP contribution in [0.15, 0.2) is 60.9 Å². The quantitative estimate of drug-likeness (QED) is 0.464. The number of hydrogen-bond acceptors (Lipinski definition) is 6. The van der Waals surface area contributed by atoms with Gasteiger partial charge in [-0.15, -0.1) is 0 Å². The molecule has 0 spiro atoms. The molecular formula is C27H25N7O. The van der Waals surface area contributed by atoms with Crippen molar-refractivity contribution in [2.75, 3.05) is 18.4 Å². The lowest BCUT2D eigenvalue weighted by Crippen LogP contribution is -2.32. The molecule has 1 aliphatic carbocycles. The molecule has 3 heterocycles. The van der Waals surface area contributed by atoms with Crippen molar-refractivity contribution >= 4 is 22.6 Å². The second-order valence-electron chi connectivity index (χ2n) is 9.23. The maximum atomic E-state index is 12.4. The third-order valence-corrected chi connectivity index (χ3v) is 6.73. The van der Waals surface area contributed by atoms with Gasteiger partial charge in [0.25, 0.3) is 0 Å². The van der Waals surface area contributed by atoms with Gasteiger partial charge in [0.2, 0.25) is 11.9 Å². The average molecular weight is 464 g/mol. The lowest BCUT2D eigenvalue weighted by Gasteiger charge is -2.17. The Bertz CT molecular complexity index is 1450. The lowest BCUT2D eigenvalue weighted by molar-refractivity contribution is -0.131. The first-order valence-corrected chi connectivity index (χ1v) is 12.0. The number of amides is 1. The number of nitriles is 1. The van der Waals surface area contributed by atoms with Crippen LogP contribution in [0, 0.1) is 17.2 Å². The number of nitrogens with one attached hydrogen (secondary N) is 1. The summed E-state index contributed by atoms with van der Waals surface area (Å²) < 4.78 is 1.93. The molecule has 1 amide bonds. The fourth-order valence-corrected chi connectivity index (χ4v) is 4.77. The van der Waals surface area contributed by atoms with Crippen molar-refractivity contribution < 1.29 is 4.79 Å². The van der Waals surface area contributed by atoms with Gasteiger partial charge in [0.05, 0.1) is 24.4 Å². The maximum Gasteiger partial charge on any atom is 0.225 e. The van der Waals surface area contributed by atoms with Gasteiger partial charge in [-0.05, 0) is 42.2 Å². The first-order valence-electron chi connectivity index (χ1n) is 12.0. The van der Waals surface area contributed by atoms with Crippen LogP contribution in [0.1, 0.15) is 25.0 Å². The highest BCUT2D eigenvalue weighted by molar-refractivity contribution is 5.86. The highest BCUT2D eigenvalue weighted by Gasteiger charge is 2.36. The molecule has 8 heteroatoms. The minimum atomic E-state index is 0.120. The van der Waals surface area contributed by atoms with Crippen molar-refractivity contribution in [3.05, 3.63) is 66.6 Å². The normalized spacial score (nSPS) is 17.5. The fraction of sp³-hybridized carbons (Fsp3) is 0.296. The number of benzene rings is 2. The molecular weight excluding hydrogens is 438 g/mol. The van der Waals surface area contributed by atoms with Gasteiger partial charge in [0, 0.05) is 36.8 Å². The zero-order chi connectivity index (χ0) is 23.8. The number of aromatic nitrogens is 4. The Hall–Kier alpha value is -4.25. The number of rotatable bonds is 6. The molecule has 1 saturated heterocycles. The summed E-state index contributed by atoms with van der Waals surface area (Å²) in [7, 11) is 0. The van der Waals surface area contributed by atoms with E-state index in [9.17, 15) is 10.1 Å². The molecule has 1 N–H and O–H groups in total. The van der Waals surface area contributed by atoms with Gasteiger partial charge in [-0.3, -0.25) is 9.36 Å². The van der Waals surface area contributed by atoms with E-state index in [-0.39, 0.29) is 24.3 Å². The minimum absolute atomic E-state index is 0.120. The number of carbonyl (C=O) groups excluding carboxylic acids is 1. The number of hydrogen-bond donors (Lipinski definition) is 1. The van der Waals surface area contributed by atoms with Crippen LogP contribution in [0.2, 0.25) is 0 Å². The first-order chi connectivity index (χ1) is 17.2. The number of carbonyl (C=O) groups is 1. The zero-order valence-electron chi connectivity index (χ0n) is 19.3. The Labute approximate surface area is 203 Å². The molecule has 1 aliphatic heterocycles. The highest BCUT2D eigenvalue weighted by atomic mass is 16.2. The highest BCUT2D eigenvalue weighted by Crippen LogP contribution is 2.32. The van der Waals surface area contributed by atoms with E-state index in [1.165, 1.54) is 0 Å². The van der Waals surface area contributed by atoms with E-state index in [1.54, 1.807) is 12.4 Å². The third-order valence-electron chi connectivity index (χ3n) is 6.73. The summed E-state index contributed by atoms with van der Waals surface area (Å²) in [6, 6.07) is 18.6. The Morgan fingerprint density at radius 2 is 1.94 bits per heavy atom. The number of nitrogens with zero attached hydrogens (tertiary/aromatic N) is 6. The second-order valence-corrected chi connectivity index (χ2v) is 9.23. The predicted octanol–water partition coefficient (Wildman–Crippen LogP) is 3.97. The molecule has 2 aromatic carbocycles. The van der Waals surface area contributed by atoms with E-state index in [2.05, 4.69) is 45.6 Å². The topological polar surface area (TPSA) is 99.7 Å². The Morgan fingerprint density at radius 3 is 2.77 bits per heavy atom. The van der Waals surface area contributed by atoms with Gasteiger partial charge in [0.1, 0.15) is 11.6 Å². The summed E-state index contributed by atoms with van der Waals surface area (Å²) in [6.45, 7) is 1.45. The van der Waals surface area contributed by atoms with Crippen LogP contribution in [0.3, 0.4) is 0 Å². The predicted molar refractivity (Wildman–Crippen MR) is 133 cm³/mol. The van der Waals surface area contributed by atoms with Crippen LogP contribution in [0.4, 0.5) is 5.95 Å². The monoisotopic (exact) mass is 463 g/mol. The van der Waals surface area contributed by atoms with Crippen LogP contribution >= 0.6 is 0 Å². The van der Waals surface area contributed by atoms with E-state index in [4.69, 9.17) is 4.98 Å². The number of imidazole rings is 1. The molecule has 0 radical (unpaired) electrons. The van der Waals surface area contributed by atoms with Crippen LogP contribution in [0.25, 0.3) is 28.0 Å². The van der Waals surface area contributed by atoms with Gasteiger partial charge in [0.15, 0.2) is 0 Å².